The second kappa shape index (κ2) is 9.16. The zero-order valence-electron chi connectivity index (χ0n) is 16.8. The van der Waals surface area contributed by atoms with Crippen molar-refractivity contribution in [2.45, 2.75) is 52.5 Å². The Balaban J connectivity index is 1.65. The number of ketones is 1. The molecule has 0 spiro atoms. The van der Waals surface area contributed by atoms with Gasteiger partial charge in [0.25, 0.3) is 0 Å². The zero-order chi connectivity index (χ0) is 21.0. The van der Waals surface area contributed by atoms with Crippen LogP contribution in [0.25, 0.3) is 0 Å². The number of allylic oxidation sites excluding steroid dienone is 2. The van der Waals surface area contributed by atoms with Gasteiger partial charge in [-0.15, -0.1) is 0 Å². The quantitative estimate of drug-likeness (QED) is 0.359. The van der Waals surface area contributed by atoms with Crippen LogP contribution in [0.5, 0.6) is 0 Å². The maximum absolute atomic E-state index is 13.7. The van der Waals surface area contributed by atoms with Gasteiger partial charge < -0.3 is 9.30 Å². The van der Waals surface area contributed by atoms with Gasteiger partial charge in [-0.25, -0.2) is 13.6 Å². The van der Waals surface area contributed by atoms with E-state index in [4.69, 9.17) is 4.74 Å². The first-order chi connectivity index (χ1) is 13.9. The van der Waals surface area contributed by atoms with Gasteiger partial charge in [-0.2, -0.15) is 0 Å². The Bertz CT molecular complexity index is 939. The fraction of sp³-hybridized carbons (Fsp3) is 0.391. The first-order valence-corrected chi connectivity index (χ1v) is 9.87. The minimum Gasteiger partial charge on any atom is -0.454 e. The number of aromatic nitrogens is 1. The Labute approximate surface area is 169 Å². The van der Waals surface area contributed by atoms with Gasteiger partial charge in [-0.05, 0) is 64.2 Å². The number of benzene rings is 1. The first kappa shape index (κ1) is 21.0. The summed E-state index contributed by atoms with van der Waals surface area (Å²) in [5.74, 6) is -3.62. The normalized spacial score (nSPS) is 13.9. The van der Waals surface area contributed by atoms with Crippen molar-refractivity contribution < 1.29 is 23.1 Å². The molecule has 0 N–H and O–H groups in total. The number of hydrogen-bond acceptors (Lipinski definition) is 3. The average Bonchev–Trinajstić information content (AvgIpc) is 2.99. The number of halogens is 2. The molecule has 0 unspecified atom stereocenters. The van der Waals surface area contributed by atoms with Gasteiger partial charge in [0.2, 0.25) is 5.78 Å². The van der Waals surface area contributed by atoms with Crippen LogP contribution in [0.3, 0.4) is 0 Å². The highest BCUT2D eigenvalue weighted by atomic mass is 19.1. The van der Waals surface area contributed by atoms with Gasteiger partial charge in [0.05, 0.1) is 0 Å². The number of Topliss-reactive ketones (excluding diaryl/α,β-unsaturated/α-hetero) is 1. The van der Waals surface area contributed by atoms with E-state index in [1.165, 1.54) is 18.4 Å². The molecule has 0 atom stereocenters. The van der Waals surface area contributed by atoms with Crippen LogP contribution < -0.4 is 0 Å². The number of aryl methyl sites for hydroxylation is 1. The SMILES string of the molecule is Cc1cc(C(=O)COC(=O)c2c(F)cccc2F)c(C)n1CCC1=CCCCC1. The molecule has 6 heteroatoms. The summed E-state index contributed by atoms with van der Waals surface area (Å²) in [4.78, 5) is 24.5. The van der Waals surface area contributed by atoms with Crippen molar-refractivity contribution in [1.29, 1.82) is 0 Å². The summed E-state index contributed by atoms with van der Waals surface area (Å²) < 4.78 is 34.3. The van der Waals surface area contributed by atoms with E-state index in [0.717, 1.165) is 55.4 Å². The van der Waals surface area contributed by atoms with Gasteiger partial charge in [-0.3, -0.25) is 4.79 Å². The molecule has 0 radical (unpaired) electrons. The lowest BCUT2D eigenvalue weighted by molar-refractivity contribution is 0.0465. The summed E-state index contributed by atoms with van der Waals surface area (Å²) in [7, 11) is 0. The van der Waals surface area contributed by atoms with Crippen LogP contribution in [0, 0.1) is 25.5 Å². The number of carbonyl (C=O) groups is 2. The lowest BCUT2D eigenvalue weighted by Crippen LogP contribution is -2.17. The largest absolute Gasteiger partial charge is 0.454 e. The highest BCUT2D eigenvalue weighted by Crippen LogP contribution is 2.23. The monoisotopic (exact) mass is 401 g/mol. The second-order valence-electron chi connectivity index (χ2n) is 7.39. The van der Waals surface area contributed by atoms with E-state index in [1.807, 2.05) is 13.8 Å². The van der Waals surface area contributed by atoms with Crippen molar-refractivity contribution in [3.8, 4) is 0 Å². The van der Waals surface area contributed by atoms with E-state index in [2.05, 4.69) is 10.6 Å². The van der Waals surface area contributed by atoms with Gasteiger partial charge in [0.15, 0.2) is 6.61 Å². The molecule has 1 heterocycles. The number of ether oxygens (including phenoxy) is 1. The van der Waals surface area contributed by atoms with Crippen LogP contribution >= 0.6 is 0 Å². The fourth-order valence-electron chi connectivity index (χ4n) is 3.79. The average molecular weight is 401 g/mol. The summed E-state index contributed by atoms with van der Waals surface area (Å²) in [6.07, 6.45) is 8.01. The van der Waals surface area contributed by atoms with E-state index in [-0.39, 0.29) is 0 Å². The third kappa shape index (κ3) is 4.81. The number of rotatable bonds is 7. The topological polar surface area (TPSA) is 48.3 Å². The van der Waals surface area contributed by atoms with E-state index in [1.54, 1.807) is 6.07 Å². The molecular formula is C23H25F2NO3. The predicted molar refractivity (Wildman–Crippen MR) is 106 cm³/mol. The fourth-order valence-corrected chi connectivity index (χ4v) is 3.79. The third-order valence-electron chi connectivity index (χ3n) is 5.42. The Kier molecular flexibility index (Phi) is 6.62. The van der Waals surface area contributed by atoms with Crippen LogP contribution in [0.4, 0.5) is 8.78 Å². The minimum absolute atomic E-state index is 0.397. The molecule has 1 aromatic carbocycles. The van der Waals surface area contributed by atoms with Crippen LogP contribution in [-0.4, -0.2) is 22.9 Å². The molecule has 4 nitrogen and oxygen atoms in total. The molecule has 1 aliphatic carbocycles. The molecular weight excluding hydrogens is 376 g/mol. The molecule has 1 aliphatic rings. The highest BCUT2D eigenvalue weighted by Gasteiger charge is 2.22. The molecule has 154 valence electrons. The molecule has 2 aromatic rings. The summed E-state index contributed by atoms with van der Waals surface area (Å²) in [6.45, 7) is 4.01. The van der Waals surface area contributed by atoms with Crippen LogP contribution in [0.15, 0.2) is 35.9 Å². The van der Waals surface area contributed by atoms with Crippen LogP contribution in [-0.2, 0) is 11.3 Å². The van der Waals surface area contributed by atoms with Crippen molar-refractivity contribution in [3.05, 3.63) is 70.1 Å². The molecule has 1 aromatic heterocycles. The minimum atomic E-state index is -1.19. The molecule has 0 fully saturated rings. The van der Waals surface area contributed by atoms with Gasteiger partial charge in [-0.1, -0.05) is 17.7 Å². The number of esters is 1. The predicted octanol–water partition coefficient (Wildman–Crippen LogP) is 5.31. The standard InChI is InChI=1S/C23H25F2NO3/c1-15-13-18(16(2)26(15)12-11-17-7-4-3-5-8-17)21(27)14-29-23(28)22-19(24)9-6-10-20(22)25/h6-7,9-10,13H,3-5,8,11-12,14H2,1-2H3. The van der Waals surface area contributed by atoms with Gasteiger partial charge in [0.1, 0.15) is 17.2 Å². The van der Waals surface area contributed by atoms with Gasteiger partial charge in [0, 0.05) is 23.5 Å². The number of nitrogens with zero attached hydrogens (tertiary/aromatic N) is 1. The molecule has 3 rings (SSSR count). The van der Waals surface area contributed by atoms with E-state index in [0.29, 0.717) is 5.56 Å². The Morgan fingerprint density at radius 1 is 1.14 bits per heavy atom. The summed E-state index contributed by atoms with van der Waals surface area (Å²) in [5, 5.41) is 0. The van der Waals surface area contributed by atoms with Crippen LogP contribution in [0.2, 0.25) is 0 Å². The maximum Gasteiger partial charge on any atom is 0.344 e. The van der Waals surface area contributed by atoms with E-state index in [9.17, 15) is 18.4 Å². The van der Waals surface area contributed by atoms with E-state index < -0.39 is 35.6 Å². The number of carbonyl (C=O) groups excluding carboxylic acids is 2. The summed E-state index contributed by atoms with van der Waals surface area (Å²) in [6, 6.07) is 4.86. The molecule has 0 saturated carbocycles. The molecule has 0 amide bonds. The molecule has 0 saturated heterocycles. The highest BCUT2D eigenvalue weighted by molar-refractivity contribution is 6.00. The van der Waals surface area contributed by atoms with Crippen molar-refractivity contribution >= 4 is 11.8 Å². The number of hydrogen-bond donors (Lipinski definition) is 0. The Hall–Kier alpha value is -2.76. The van der Waals surface area contributed by atoms with E-state index >= 15 is 0 Å². The maximum atomic E-state index is 13.7. The smallest absolute Gasteiger partial charge is 0.344 e. The summed E-state index contributed by atoms with van der Waals surface area (Å²) >= 11 is 0. The first-order valence-electron chi connectivity index (χ1n) is 9.87. The Morgan fingerprint density at radius 3 is 2.52 bits per heavy atom. The molecule has 29 heavy (non-hydrogen) atoms. The van der Waals surface area contributed by atoms with Crippen LogP contribution in [0.1, 0.15) is 64.2 Å². The lowest BCUT2D eigenvalue weighted by atomic mass is 9.97. The van der Waals surface area contributed by atoms with Crippen molar-refractivity contribution in [1.82, 2.24) is 4.57 Å². The lowest BCUT2D eigenvalue weighted by Gasteiger charge is -2.15. The van der Waals surface area contributed by atoms with Crippen molar-refractivity contribution in [3.63, 3.8) is 0 Å². The third-order valence-corrected chi connectivity index (χ3v) is 5.42. The Morgan fingerprint density at radius 2 is 1.86 bits per heavy atom. The second-order valence-corrected chi connectivity index (χ2v) is 7.39. The zero-order valence-corrected chi connectivity index (χ0v) is 16.8. The van der Waals surface area contributed by atoms with Crippen molar-refractivity contribution in [2.24, 2.45) is 0 Å². The molecule has 0 aliphatic heterocycles. The summed E-state index contributed by atoms with van der Waals surface area (Å²) in [5.41, 5.74) is 2.89. The molecule has 0 bridgehead atoms. The van der Waals surface area contributed by atoms with Gasteiger partial charge >= 0.3 is 5.97 Å². The van der Waals surface area contributed by atoms with Crippen molar-refractivity contribution in [2.75, 3.05) is 6.61 Å².